The third-order valence-electron chi connectivity index (χ3n) is 7.06. The number of carboxylic acid groups (broad SMARTS) is 1. The van der Waals surface area contributed by atoms with Crippen LogP contribution in [0.3, 0.4) is 0 Å². The number of aliphatic carboxylic acids is 1. The highest BCUT2D eigenvalue weighted by Gasteiger charge is 2.53. The number of aryl methyl sites for hydroxylation is 1. The summed E-state index contributed by atoms with van der Waals surface area (Å²) in [5.41, 5.74) is 9.89. The first-order valence-corrected chi connectivity index (χ1v) is 16.7. The number of nitrogens with two attached hydrogens (primary N) is 1. The zero-order valence-electron chi connectivity index (χ0n) is 22.3. The van der Waals surface area contributed by atoms with Crippen LogP contribution in [0.25, 0.3) is 0 Å². The Morgan fingerprint density at radius 2 is 2.17 bits per heavy atom. The molecule has 218 valence electrons. The number of thiazole rings is 2. The minimum absolute atomic E-state index is 0.136. The number of nitrogens with one attached hydrogen (secondary N) is 1. The Hall–Kier alpha value is -3.47. The van der Waals surface area contributed by atoms with Gasteiger partial charge in [-0.3, -0.25) is 14.5 Å². The predicted molar refractivity (Wildman–Crippen MR) is 158 cm³/mol. The largest absolute Gasteiger partial charge is 0.543 e. The number of oxime groups is 1. The fourth-order valence-electron chi connectivity index (χ4n) is 5.20. The molecule has 0 radical (unpaired) electrons. The van der Waals surface area contributed by atoms with Crippen LogP contribution in [0.2, 0.25) is 0 Å². The summed E-state index contributed by atoms with van der Waals surface area (Å²) in [6, 6.07) is 3.31. The number of thioether (sulfide) groups is 2. The lowest BCUT2D eigenvalue weighted by Gasteiger charge is -2.50. The number of anilines is 1. The summed E-state index contributed by atoms with van der Waals surface area (Å²) < 4.78 is 3.07. The highest BCUT2D eigenvalue weighted by Crippen LogP contribution is 2.41. The number of rotatable bonds is 10. The third-order valence-corrected chi connectivity index (χ3v) is 11.2. The standard InChI is InChI=1S/C26H25N7O5S4/c1-38-31-18(16-12-40-25(27)29-16)21(34)30-19-22(35)33-20(24(36)37)14(9-39-23(19)33)10-41-26-28-15(11-42-26)8-32-7-3-5-13-4-2-6-17(13)32/h3,5,7,11-12,19,23H,2,4,6,8-10H2,1H3,(H3-,27,29,30,34,36,37)/b31-18-/t19-,23?/m1/s1. The molecule has 2 atom stereocenters. The number of aromatic nitrogens is 3. The Bertz CT molecular complexity index is 1630. The van der Waals surface area contributed by atoms with Gasteiger partial charge in [-0.2, -0.15) is 4.57 Å². The van der Waals surface area contributed by atoms with Crippen LogP contribution in [-0.2, 0) is 38.6 Å². The number of nitrogen functional groups attached to an aromatic ring is 1. The third kappa shape index (κ3) is 5.50. The lowest BCUT2D eigenvalue weighted by Crippen LogP contribution is -2.71. The van der Waals surface area contributed by atoms with E-state index in [0.717, 1.165) is 34.2 Å². The van der Waals surface area contributed by atoms with E-state index in [4.69, 9.17) is 15.6 Å². The molecule has 1 saturated heterocycles. The molecule has 0 aromatic carbocycles. The molecular weight excluding hydrogens is 619 g/mol. The van der Waals surface area contributed by atoms with Gasteiger partial charge in [0.05, 0.1) is 11.7 Å². The van der Waals surface area contributed by atoms with Crippen molar-refractivity contribution in [2.24, 2.45) is 5.16 Å². The predicted octanol–water partition coefficient (Wildman–Crippen LogP) is 0.553. The van der Waals surface area contributed by atoms with Crippen LogP contribution in [0, 0.1) is 0 Å². The molecule has 12 nitrogen and oxygen atoms in total. The molecule has 2 aliphatic heterocycles. The molecule has 3 aromatic rings. The first kappa shape index (κ1) is 28.6. The second-order valence-electron chi connectivity index (χ2n) is 9.65. The maximum absolute atomic E-state index is 13.1. The Morgan fingerprint density at radius 1 is 1.31 bits per heavy atom. The van der Waals surface area contributed by atoms with Crippen molar-refractivity contribution >= 4 is 74.8 Å². The summed E-state index contributed by atoms with van der Waals surface area (Å²) in [5, 5.41) is 21.8. The lowest BCUT2D eigenvalue weighted by atomic mass is 10.0. The van der Waals surface area contributed by atoms with Crippen molar-refractivity contribution in [2.75, 3.05) is 24.3 Å². The van der Waals surface area contributed by atoms with E-state index in [9.17, 15) is 19.5 Å². The SMILES string of the molecule is CO/N=C(\C(=O)N[C@@H]1C(=O)N2C(C(=O)[O-])=C(CSc3nc(C[n+]4cccc5c4CCC5)cs3)CSC12)c1csc(N)n1. The zero-order chi connectivity index (χ0) is 29.4. The molecule has 0 spiro atoms. The van der Waals surface area contributed by atoms with Crippen molar-refractivity contribution in [1.29, 1.82) is 0 Å². The topological polar surface area (TPSA) is 167 Å². The average molecular weight is 644 g/mol. The molecule has 3 aromatic heterocycles. The van der Waals surface area contributed by atoms with Crippen LogP contribution in [0.15, 0.2) is 49.9 Å². The van der Waals surface area contributed by atoms with Gasteiger partial charge in [0.15, 0.2) is 33.6 Å². The van der Waals surface area contributed by atoms with Crippen molar-refractivity contribution in [1.82, 2.24) is 20.2 Å². The highest BCUT2D eigenvalue weighted by atomic mass is 32.2. The molecule has 16 heteroatoms. The fraction of sp³-hybridized carbons (Fsp3) is 0.346. The van der Waals surface area contributed by atoms with E-state index in [1.165, 1.54) is 64.5 Å². The molecular formula is C26H25N7O5S4. The average Bonchev–Trinajstić information content (AvgIpc) is 3.74. The molecule has 2 amide bonds. The van der Waals surface area contributed by atoms with Gasteiger partial charge < -0.3 is 25.8 Å². The maximum Gasteiger partial charge on any atom is 0.276 e. The van der Waals surface area contributed by atoms with Gasteiger partial charge in [-0.05, 0) is 24.5 Å². The summed E-state index contributed by atoms with van der Waals surface area (Å²) in [5.74, 6) is -1.94. The number of carbonyl (C=O) groups excluding carboxylic acids is 3. The molecule has 1 unspecified atom stereocenters. The van der Waals surface area contributed by atoms with Crippen LogP contribution in [0.4, 0.5) is 5.13 Å². The first-order valence-electron chi connectivity index (χ1n) is 12.9. The summed E-state index contributed by atoms with van der Waals surface area (Å²) in [6.45, 7) is 0.687. The van der Waals surface area contributed by atoms with Crippen LogP contribution >= 0.6 is 46.2 Å². The van der Waals surface area contributed by atoms with Crippen molar-refractivity contribution < 1.29 is 28.9 Å². The van der Waals surface area contributed by atoms with E-state index >= 15 is 0 Å². The van der Waals surface area contributed by atoms with Crippen LogP contribution < -0.4 is 20.7 Å². The molecule has 6 rings (SSSR count). The van der Waals surface area contributed by atoms with E-state index < -0.39 is 29.2 Å². The second kappa shape index (κ2) is 12.0. The Balaban J connectivity index is 1.11. The van der Waals surface area contributed by atoms with Crippen LogP contribution in [0.5, 0.6) is 0 Å². The molecule has 0 bridgehead atoms. The van der Waals surface area contributed by atoms with Gasteiger partial charge in [0, 0.05) is 40.3 Å². The number of hydrogen-bond donors (Lipinski definition) is 2. The Morgan fingerprint density at radius 3 is 2.93 bits per heavy atom. The van der Waals surface area contributed by atoms with Crippen LogP contribution in [0.1, 0.15) is 29.1 Å². The normalized spacial score (nSPS) is 19.8. The van der Waals surface area contributed by atoms with E-state index in [1.54, 1.807) is 5.38 Å². The number of amides is 2. The van der Waals surface area contributed by atoms with Gasteiger partial charge in [0.25, 0.3) is 11.8 Å². The summed E-state index contributed by atoms with van der Waals surface area (Å²) in [7, 11) is 1.28. The van der Waals surface area contributed by atoms with E-state index in [2.05, 4.69) is 38.4 Å². The van der Waals surface area contributed by atoms with Crippen molar-refractivity contribution in [3.05, 3.63) is 63.0 Å². The molecule has 1 fully saturated rings. The first-order chi connectivity index (χ1) is 20.3. The van der Waals surface area contributed by atoms with Gasteiger partial charge in [0.2, 0.25) is 0 Å². The molecule has 1 aliphatic carbocycles. The number of hydrogen-bond acceptors (Lipinski definition) is 13. The molecule has 3 N–H and O–H groups in total. The lowest BCUT2D eigenvalue weighted by molar-refractivity contribution is -0.695. The number of fused-ring (bicyclic) bond motifs is 2. The van der Waals surface area contributed by atoms with Gasteiger partial charge in [-0.25, -0.2) is 9.97 Å². The van der Waals surface area contributed by atoms with Gasteiger partial charge in [0.1, 0.15) is 29.9 Å². The number of β-lactam (4-membered cyclic amide) rings is 1. The van der Waals surface area contributed by atoms with Crippen molar-refractivity contribution in [2.45, 2.75) is 41.6 Å². The Labute approximate surface area is 257 Å². The van der Waals surface area contributed by atoms with E-state index in [-0.39, 0.29) is 22.2 Å². The Kier molecular flexibility index (Phi) is 8.20. The molecule has 3 aliphatic rings. The van der Waals surface area contributed by atoms with E-state index in [1.807, 2.05) is 5.38 Å². The monoisotopic (exact) mass is 643 g/mol. The molecule has 0 saturated carbocycles. The highest BCUT2D eigenvalue weighted by molar-refractivity contribution is 8.01. The summed E-state index contributed by atoms with van der Waals surface area (Å²) >= 11 is 5.46. The minimum atomic E-state index is -1.43. The maximum atomic E-state index is 13.1. The van der Waals surface area contributed by atoms with Crippen molar-refractivity contribution in [3.63, 3.8) is 0 Å². The fourth-order valence-corrected chi connectivity index (χ4v) is 9.06. The van der Waals surface area contributed by atoms with Crippen molar-refractivity contribution in [3.8, 4) is 0 Å². The van der Waals surface area contributed by atoms with Gasteiger partial charge in [-0.1, -0.05) is 16.9 Å². The molecule has 5 heterocycles. The van der Waals surface area contributed by atoms with Gasteiger partial charge >= 0.3 is 0 Å². The number of nitrogens with zero attached hydrogens (tertiary/aromatic N) is 5. The minimum Gasteiger partial charge on any atom is -0.543 e. The van der Waals surface area contributed by atoms with Gasteiger partial charge in [-0.15, -0.1) is 34.4 Å². The number of carbonyl (C=O) groups is 3. The number of pyridine rings is 1. The second-order valence-corrected chi connectivity index (χ2v) is 13.7. The zero-order valence-corrected chi connectivity index (χ0v) is 25.5. The summed E-state index contributed by atoms with van der Waals surface area (Å²) in [6.07, 6.45) is 5.44. The summed E-state index contributed by atoms with van der Waals surface area (Å²) in [4.78, 5) is 53.0. The van der Waals surface area contributed by atoms with Crippen LogP contribution in [-0.4, -0.2) is 68.4 Å². The molecule has 42 heavy (non-hydrogen) atoms. The van der Waals surface area contributed by atoms with E-state index in [0.29, 0.717) is 23.6 Å². The number of carboxylic acids is 1. The quantitative estimate of drug-likeness (QED) is 0.105. The smallest absolute Gasteiger partial charge is 0.276 e.